The Morgan fingerprint density at radius 3 is 2.00 bits per heavy atom. The average molecular weight is 595 g/mol. The Morgan fingerprint density at radius 1 is 0.872 bits per heavy atom. The highest BCUT2D eigenvalue weighted by Crippen LogP contribution is 2.31. The van der Waals surface area contributed by atoms with Gasteiger partial charge < -0.3 is 4.74 Å². The van der Waals surface area contributed by atoms with Gasteiger partial charge in [0, 0.05) is 18.0 Å². The number of unbranched alkanes of at least 4 members (excludes halogenated alkanes) is 9. The lowest BCUT2D eigenvalue weighted by Gasteiger charge is -2.19. The molecule has 1 amide bonds. The number of benzene rings is 2. The Morgan fingerprint density at radius 2 is 1.44 bits per heavy atom. The van der Waals surface area contributed by atoms with Crippen molar-refractivity contribution in [2.75, 3.05) is 11.5 Å². The zero-order valence-corrected chi connectivity index (χ0v) is 25.0. The number of aromatic amines is 1. The molecule has 0 fully saturated rings. The molecule has 0 saturated carbocycles. The van der Waals surface area contributed by atoms with Crippen molar-refractivity contribution in [3.8, 4) is 11.4 Å². The minimum atomic E-state index is -0.405. The zero-order valence-electron chi connectivity index (χ0n) is 22.8. The molecule has 0 aliphatic rings. The summed E-state index contributed by atoms with van der Waals surface area (Å²) < 4.78 is 7.11. The number of hydrogen-bond acceptors (Lipinski definition) is 3. The van der Waals surface area contributed by atoms with Gasteiger partial charge in [0.15, 0.2) is 0 Å². The number of H-pyrrole nitrogens is 1. The van der Waals surface area contributed by atoms with Crippen LogP contribution in [0.4, 0.5) is 5.82 Å². The van der Waals surface area contributed by atoms with Crippen LogP contribution >= 0.6 is 34.8 Å². The SMILES string of the molecule is CCCCCCCCCCCCOc1ccc(CN(C(C)=O)c2cc(=O)n(-c3c(Cl)cc(Cl)cc3Cl)[nH]2)cc1. The van der Waals surface area contributed by atoms with Gasteiger partial charge >= 0.3 is 0 Å². The summed E-state index contributed by atoms with van der Waals surface area (Å²) >= 11 is 18.6. The molecule has 3 rings (SSSR count). The molecule has 6 nitrogen and oxygen atoms in total. The number of nitrogens with one attached hydrogen (secondary N) is 1. The van der Waals surface area contributed by atoms with E-state index in [0.29, 0.717) is 17.4 Å². The quantitative estimate of drug-likeness (QED) is 0.168. The molecule has 0 atom stereocenters. The maximum absolute atomic E-state index is 12.7. The van der Waals surface area contributed by atoms with Crippen molar-refractivity contribution in [1.82, 2.24) is 9.78 Å². The van der Waals surface area contributed by atoms with Crippen LogP contribution in [0.15, 0.2) is 47.3 Å². The second-order valence-corrected chi connectivity index (χ2v) is 11.1. The van der Waals surface area contributed by atoms with Crippen LogP contribution in [0.2, 0.25) is 15.1 Å². The minimum Gasteiger partial charge on any atom is -0.494 e. The van der Waals surface area contributed by atoms with E-state index in [1.165, 1.54) is 92.5 Å². The Bertz CT molecular complexity index is 1230. The Labute approximate surface area is 246 Å². The first-order valence-corrected chi connectivity index (χ1v) is 14.9. The molecule has 1 N–H and O–H groups in total. The number of amides is 1. The van der Waals surface area contributed by atoms with Gasteiger partial charge in [-0.2, -0.15) is 0 Å². The van der Waals surface area contributed by atoms with E-state index in [9.17, 15) is 9.59 Å². The first kappa shape index (κ1) is 31.1. The summed E-state index contributed by atoms with van der Waals surface area (Å²) in [5, 5.41) is 3.73. The van der Waals surface area contributed by atoms with Gasteiger partial charge in [0.2, 0.25) is 5.91 Å². The molecule has 0 saturated heterocycles. The maximum Gasteiger partial charge on any atom is 0.273 e. The van der Waals surface area contributed by atoms with E-state index in [-0.39, 0.29) is 28.2 Å². The summed E-state index contributed by atoms with van der Waals surface area (Å²) in [6, 6.07) is 12.0. The van der Waals surface area contributed by atoms with E-state index in [4.69, 9.17) is 39.5 Å². The predicted octanol–water partition coefficient (Wildman–Crippen LogP) is 8.98. The van der Waals surface area contributed by atoms with E-state index in [1.807, 2.05) is 24.3 Å². The molecule has 0 spiro atoms. The first-order chi connectivity index (χ1) is 18.8. The fourth-order valence-corrected chi connectivity index (χ4v) is 5.44. The van der Waals surface area contributed by atoms with Gasteiger partial charge in [0.25, 0.3) is 5.56 Å². The number of hydrogen-bond donors (Lipinski definition) is 1. The largest absolute Gasteiger partial charge is 0.494 e. The smallest absolute Gasteiger partial charge is 0.273 e. The monoisotopic (exact) mass is 593 g/mol. The van der Waals surface area contributed by atoms with Crippen LogP contribution in [0.25, 0.3) is 5.69 Å². The zero-order chi connectivity index (χ0) is 28.2. The van der Waals surface area contributed by atoms with Crippen LogP contribution in [-0.2, 0) is 11.3 Å². The van der Waals surface area contributed by atoms with Crippen molar-refractivity contribution in [1.29, 1.82) is 0 Å². The van der Waals surface area contributed by atoms with Crippen LogP contribution in [0.3, 0.4) is 0 Å². The fourth-order valence-electron chi connectivity index (χ4n) is 4.46. The Balaban J connectivity index is 1.51. The van der Waals surface area contributed by atoms with Crippen LogP contribution in [0.1, 0.15) is 83.6 Å². The summed E-state index contributed by atoms with van der Waals surface area (Å²) in [4.78, 5) is 26.7. The highest BCUT2D eigenvalue weighted by molar-refractivity contribution is 6.40. The molecule has 1 heterocycles. The molecular weight excluding hydrogens is 557 g/mol. The predicted molar refractivity (Wildman–Crippen MR) is 162 cm³/mol. The molecule has 0 aliphatic heterocycles. The van der Waals surface area contributed by atoms with Gasteiger partial charge in [-0.05, 0) is 36.2 Å². The van der Waals surface area contributed by atoms with E-state index in [0.717, 1.165) is 17.7 Å². The third-order valence-corrected chi connectivity index (χ3v) is 7.41. The van der Waals surface area contributed by atoms with Crippen molar-refractivity contribution < 1.29 is 9.53 Å². The topological polar surface area (TPSA) is 67.3 Å². The van der Waals surface area contributed by atoms with Crippen molar-refractivity contribution in [2.45, 2.75) is 84.6 Å². The fraction of sp³-hybridized carbons (Fsp3) is 0.467. The van der Waals surface area contributed by atoms with E-state index < -0.39 is 5.56 Å². The summed E-state index contributed by atoms with van der Waals surface area (Å²) in [5.41, 5.74) is 0.761. The molecule has 3 aromatic rings. The maximum atomic E-state index is 12.7. The third-order valence-electron chi connectivity index (χ3n) is 6.61. The lowest BCUT2D eigenvalue weighted by Crippen LogP contribution is -2.28. The third kappa shape index (κ3) is 9.63. The Hall–Kier alpha value is -2.41. The summed E-state index contributed by atoms with van der Waals surface area (Å²) in [6.45, 7) is 4.67. The van der Waals surface area contributed by atoms with Gasteiger partial charge in [-0.15, -0.1) is 0 Å². The van der Waals surface area contributed by atoms with Crippen LogP contribution in [-0.4, -0.2) is 22.3 Å². The van der Waals surface area contributed by atoms with Gasteiger partial charge in [-0.3, -0.25) is 19.6 Å². The van der Waals surface area contributed by atoms with Crippen molar-refractivity contribution in [3.05, 3.63) is 73.4 Å². The Kier molecular flexibility index (Phi) is 12.8. The van der Waals surface area contributed by atoms with Crippen LogP contribution in [0, 0.1) is 0 Å². The second kappa shape index (κ2) is 16.0. The lowest BCUT2D eigenvalue weighted by atomic mass is 10.1. The first-order valence-electron chi connectivity index (χ1n) is 13.8. The summed E-state index contributed by atoms with van der Waals surface area (Å²) in [7, 11) is 0. The molecule has 0 bridgehead atoms. The number of anilines is 1. The summed E-state index contributed by atoms with van der Waals surface area (Å²) in [5.74, 6) is 0.907. The van der Waals surface area contributed by atoms with Gasteiger partial charge in [0.05, 0.1) is 23.2 Å². The van der Waals surface area contributed by atoms with Crippen LogP contribution < -0.4 is 15.2 Å². The van der Waals surface area contributed by atoms with E-state index in [1.54, 1.807) is 0 Å². The van der Waals surface area contributed by atoms with Crippen molar-refractivity contribution in [3.63, 3.8) is 0 Å². The molecule has 0 radical (unpaired) electrons. The molecule has 1 aromatic heterocycles. The average Bonchev–Trinajstić information content (AvgIpc) is 3.26. The molecule has 9 heteroatoms. The molecule has 212 valence electrons. The normalized spacial score (nSPS) is 11.1. The van der Waals surface area contributed by atoms with E-state index in [2.05, 4.69) is 12.0 Å². The number of carbonyl (C=O) groups excluding carboxylic acids is 1. The highest BCUT2D eigenvalue weighted by Gasteiger charge is 2.19. The molecule has 39 heavy (non-hydrogen) atoms. The summed E-state index contributed by atoms with van der Waals surface area (Å²) in [6.07, 6.45) is 12.9. The van der Waals surface area contributed by atoms with Gasteiger partial charge in [-0.25, -0.2) is 4.68 Å². The van der Waals surface area contributed by atoms with Crippen molar-refractivity contribution >= 4 is 46.5 Å². The molecular formula is C30H38Cl3N3O3. The number of rotatable bonds is 16. The minimum absolute atomic E-state index is 0.214. The number of carbonyl (C=O) groups is 1. The van der Waals surface area contributed by atoms with Crippen molar-refractivity contribution in [2.24, 2.45) is 0 Å². The lowest BCUT2D eigenvalue weighted by molar-refractivity contribution is -0.116. The molecule has 0 aliphatic carbocycles. The molecule has 2 aromatic carbocycles. The van der Waals surface area contributed by atoms with E-state index >= 15 is 0 Å². The molecule has 0 unspecified atom stereocenters. The van der Waals surface area contributed by atoms with Gasteiger partial charge in [-0.1, -0.05) is 112 Å². The number of aromatic nitrogens is 2. The second-order valence-electron chi connectivity index (χ2n) is 9.81. The van der Waals surface area contributed by atoms with Gasteiger partial charge in [0.1, 0.15) is 17.3 Å². The highest BCUT2D eigenvalue weighted by atomic mass is 35.5. The van der Waals surface area contributed by atoms with Crippen LogP contribution in [0.5, 0.6) is 5.75 Å². The number of halogens is 3. The number of ether oxygens (including phenoxy) is 1. The standard InChI is InChI=1S/C30H38Cl3N3O3/c1-3-4-5-6-7-8-9-10-11-12-17-39-25-15-13-23(14-16-25)21-35(22(2)37)28-20-29(38)36(34-28)30-26(32)18-24(31)19-27(30)33/h13-16,18-20,34H,3-12,17,21H2,1-2H3. The number of nitrogens with zero attached hydrogens (tertiary/aromatic N) is 2.